The Morgan fingerprint density at radius 3 is 2.77 bits per heavy atom. The van der Waals surface area contributed by atoms with Crippen LogP contribution in [-0.2, 0) is 6.54 Å². The van der Waals surface area contributed by atoms with E-state index in [1.165, 1.54) is 23.2 Å². The van der Waals surface area contributed by atoms with Crippen molar-refractivity contribution in [3.8, 4) is 0 Å². The molecule has 1 aliphatic heterocycles. The number of hydrogen-bond donors (Lipinski definition) is 0. The molecule has 0 bridgehead atoms. The fourth-order valence-corrected chi connectivity index (χ4v) is 3.56. The fourth-order valence-electron chi connectivity index (χ4n) is 3.56. The lowest BCUT2D eigenvalue weighted by Crippen LogP contribution is -2.19. The van der Waals surface area contributed by atoms with E-state index in [0.717, 1.165) is 25.5 Å². The van der Waals surface area contributed by atoms with Crippen molar-refractivity contribution in [1.29, 1.82) is 0 Å². The van der Waals surface area contributed by atoms with Gasteiger partial charge in [0, 0.05) is 25.2 Å². The molecular formula is C19H21N3. The van der Waals surface area contributed by atoms with E-state index in [-0.39, 0.29) is 0 Å². The average molecular weight is 291 g/mol. The summed E-state index contributed by atoms with van der Waals surface area (Å²) < 4.78 is 2.20. The molecule has 4 rings (SSSR count). The van der Waals surface area contributed by atoms with Gasteiger partial charge in [-0.2, -0.15) is 0 Å². The van der Waals surface area contributed by atoms with Gasteiger partial charge in [-0.25, -0.2) is 4.98 Å². The van der Waals surface area contributed by atoms with Crippen molar-refractivity contribution in [3.05, 3.63) is 71.8 Å². The van der Waals surface area contributed by atoms with Crippen LogP contribution in [-0.4, -0.2) is 27.4 Å². The van der Waals surface area contributed by atoms with Crippen molar-refractivity contribution in [1.82, 2.24) is 14.3 Å². The van der Waals surface area contributed by atoms with E-state index in [0.29, 0.717) is 5.92 Å². The number of likely N-dealkylation sites (tertiary alicyclic amines) is 1. The molecule has 3 heteroatoms. The quantitative estimate of drug-likeness (QED) is 0.734. The van der Waals surface area contributed by atoms with Crippen LogP contribution in [0.1, 0.15) is 29.4 Å². The van der Waals surface area contributed by atoms with Crippen LogP contribution in [0.25, 0.3) is 5.52 Å². The minimum atomic E-state index is 0.551. The largest absolute Gasteiger partial charge is 0.304 e. The van der Waals surface area contributed by atoms with Crippen molar-refractivity contribution >= 4 is 5.52 Å². The summed E-state index contributed by atoms with van der Waals surface area (Å²) in [6.07, 6.45) is 3.31. The molecule has 1 saturated heterocycles. The Morgan fingerprint density at radius 1 is 1.09 bits per heavy atom. The molecule has 112 valence electrons. The van der Waals surface area contributed by atoms with E-state index in [9.17, 15) is 0 Å². The Bertz CT molecular complexity index is 776. The predicted octanol–water partition coefficient (Wildman–Crippen LogP) is 3.63. The topological polar surface area (TPSA) is 20.5 Å². The van der Waals surface area contributed by atoms with Crippen molar-refractivity contribution in [2.45, 2.75) is 25.8 Å². The maximum atomic E-state index is 4.85. The van der Waals surface area contributed by atoms with Gasteiger partial charge in [0.2, 0.25) is 0 Å². The summed E-state index contributed by atoms with van der Waals surface area (Å²) in [5, 5.41) is 0. The van der Waals surface area contributed by atoms with Gasteiger partial charge in [-0.1, -0.05) is 36.4 Å². The van der Waals surface area contributed by atoms with Crippen LogP contribution in [0.5, 0.6) is 0 Å². The molecule has 2 aromatic heterocycles. The average Bonchev–Trinajstić information content (AvgIpc) is 3.14. The van der Waals surface area contributed by atoms with Gasteiger partial charge in [0.15, 0.2) is 0 Å². The lowest BCUT2D eigenvalue weighted by Gasteiger charge is -2.15. The number of nitrogens with zero attached hydrogens (tertiary/aromatic N) is 3. The second kappa shape index (κ2) is 5.58. The van der Waals surface area contributed by atoms with E-state index in [4.69, 9.17) is 4.98 Å². The van der Waals surface area contributed by atoms with Crippen LogP contribution in [0.2, 0.25) is 0 Å². The Hall–Kier alpha value is -2.13. The van der Waals surface area contributed by atoms with E-state index in [1.54, 1.807) is 0 Å². The highest BCUT2D eigenvalue weighted by Crippen LogP contribution is 2.30. The van der Waals surface area contributed by atoms with Crippen molar-refractivity contribution in [3.63, 3.8) is 0 Å². The number of imidazole rings is 1. The summed E-state index contributed by atoms with van der Waals surface area (Å²) >= 11 is 0. The number of fused-ring (bicyclic) bond motifs is 1. The zero-order valence-corrected chi connectivity index (χ0v) is 12.9. The third-order valence-electron chi connectivity index (χ3n) is 4.66. The summed E-state index contributed by atoms with van der Waals surface area (Å²) in [4.78, 5) is 7.39. The molecular weight excluding hydrogens is 270 g/mol. The molecule has 0 saturated carbocycles. The van der Waals surface area contributed by atoms with E-state index >= 15 is 0 Å². The number of hydrogen-bond acceptors (Lipinski definition) is 2. The summed E-state index contributed by atoms with van der Waals surface area (Å²) in [5.74, 6) is 1.64. The first-order valence-electron chi connectivity index (χ1n) is 8.01. The third kappa shape index (κ3) is 2.42. The Kier molecular flexibility index (Phi) is 3.43. The monoisotopic (exact) mass is 291 g/mol. The molecule has 0 amide bonds. The number of benzene rings is 1. The first kappa shape index (κ1) is 13.5. The molecule has 3 nitrogen and oxygen atoms in total. The zero-order valence-electron chi connectivity index (χ0n) is 12.9. The summed E-state index contributed by atoms with van der Waals surface area (Å²) in [5.41, 5.74) is 3.94. The SMILES string of the molecule is Cc1nc(C2CCN(Cc3ccccc3)C2)c2ccccn12. The van der Waals surface area contributed by atoms with E-state index < -0.39 is 0 Å². The van der Waals surface area contributed by atoms with Crippen LogP contribution < -0.4 is 0 Å². The Labute approximate surface area is 131 Å². The highest BCUT2D eigenvalue weighted by Gasteiger charge is 2.27. The first-order valence-corrected chi connectivity index (χ1v) is 8.01. The second-order valence-corrected chi connectivity index (χ2v) is 6.21. The lowest BCUT2D eigenvalue weighted by atomic mass is 10.0. The van der Waals surface area contributed by atoms with E-state index in [1.807, 2.05) is 0 Å². The number of pyridine rings is 1. The molecule has 3 aromatic rings. The highest BCUT2D eigenvalue weighted by molar-refractivity contribution is 5.55. The maximum absolute atomic E-state index is 4.85. The van der Waals surface area contributed by atoms with E-state index in [2.05, 4.69) is 71.0 Å². The second-order valence-electron chi connectivity index (χ2n) is 6.21. The Morgan fingerprint density at radius 2 is 1.91 bits per heavy atom. The normalized spacial score (nSPS) is 19.0. The van der Waals surface area contributed by atoms with Crippen molar-refractivity contribution in [2.24, 2.45) is 0 Å². The molecule has 1 aromatic carbocycles. The van der Waals surface area contributed by atoms with Crippen molar-refractivity contribution in [2.75, 3.05) is 13.1 Å². The summed E-state index contributed by atoms with van der Waals surface area (Å²) in [7, 11) is 0. The van der Waals surface area contributed by atoms with Gasteiger partial charge in [-0.15, -0.1) is 0 Å². The number of aryl methyl sites for hydroxylation is 1. The molecule has 0 N–H and O–H groups in total. The van der Waals surface area contributed by atoms with Gasteiger partial charge in [-0.3, -0.25) is 4.90 Å². The molecule has 0 radical (unpaired) electrons. The zero-order chi connectivity index (χ0) is 14.9. The van der Waals surface area contributed by atoms with Gasteiger partial charge >= 0.3 is 0 Å². The van der Waals surface area contributed by atoms with Gasteiger partial charge < -0.3 is 4.40 Å². The molecule has 0 spiro atoms. The van der Waals surface area contributed by atoms with Gasteiger partial charge in [0.25, 0.3) is 0 Å². The maximum Gasteiger partial charge on any atom is 0.110 e. The molecule has 0 aliphatic carbocycles. The molecule has 1 atom stereocenters. The van der Waals surface area contributed by atoms with Crippen LogP contribution in [0, 0.1) is 6.92 Å². The van der Waals surface area contributed by atoms with Crippen LogP contribution >= 0.6 is 0 Å². The first-order chi connectivity index (χ1) is 10.8. The van der Waals surface area contributed by atoms with Gasteiger partial charge in [0.1, 0.15) is 5.82 Å². The van der Waals surface area contributed by atoms with Crippen LogP contribution in [0.3, 0.4) is 0 Å². The van der Waals surface area contributed by atoms with Gasteiger partial charge in [-0.05, 0) is 37.6 Å². The minimum absolute atomic E-state index is 0.551. The summed E-state index contributed by atoms with van der Waals surface area (Å²) in [6, 6.07) is 17.1. The molecule has 1 unspecified atom stereocenters. The van der Waals surface area contributed by atoms with Crippen molar-refractivity contribution < 1.29 is 0 Å². The lowest BCUT2D eigenvalue weighted by molar-refractivity contribution is 0.326. The Balaban J connectivity index is 1.55. The highest BCUT2D eigenvalue weighted by atomic mass is 15.2. The summed E-state index contributed by atoms with van der Waals surface area (Å²) in [6.45, 7) is 5.40. The number of rotatable bonds is 3. The minimum Gasteiger partial charge on any atom is -0.304 e. The van der Waals surface area contributed by atoms with Crippen LogP contribution in [0.15, 0.2) is 54.7 Å². The predicted molar refractivity (Wildman–Crippen MR) is 89.0 cm³/mol. The molecule has 3 heterocycles. The smallest absolute Gasteiger partial charge is 0.110 e. The fraction of sp³-hybridized carbons (Fsp3) is 0.316. The van der Waals surface area contributed by atoms with Crippen LogP contribution in [0.4, 0.5) is 0 Å². The molecule has 1 aliphatic rings. The standard InChI is InChI=1S/C19H21N3/c1-15-20-19(18-9-5-6-11-22(15)18)17-10-12-21(14-17)13-16-7-3-2-4-8-16/h2-9,11,17H,10,12-14H2,1H3. The third-order valence-corrected chi connectivity index (χ3v) is 4.66. The molecule has 1 fully saturated rings. The van der Waals surface area contributed by atoms with Gasteiger partial charge in [0.05, 0.1) is 11.2 Å². The molecule has 22 heavy (non-hydrogen) atoms. The number of aromatic nitrogens is 2.